The molecule has 0 spiro atoms. The predicted molar refractivity (Wildman–Crippen MR) is 109 cm³/mol. The number of nitrogens with zero attached hydrogens (tertiary/aromatic N) is 4. The summed E-state index contributed by atoms with van der Waals surface area (Å²) in [7, 11) is 3.67. The fourth-order valence-corrected chi connectivity index (χ4v) is 2.63. The SMILES string of the molecule is COCCCNC(=NCc1nnc(C)n1C)NCC(C)(C)c1ccccc1. The molecule has 2 rings (SSSR count). The normalized spacial score (nSPS) is 12.3. The van der Waals surface area contributed by atoms with E-state index in [1.165, 1.54) is 5.56 Å². The molecule has 0 fully saturated rings. The first kappa shape index (κ1) is 20.9. The number of aryl methyl sites for hydroxylation is 1. The highest BCUT2D eigenvalue weighted by molar-refractivity contribution is 5.79. The zero-order valence-electron chi connectivity index (χ0n) is 17.1. The minimum Gasteiger partial charge on any atom is -0.385 e. The van der Waals surface area contributed by atoms with E-state index < -0.39 is 0 Å². The first-order chi connectivity index (χ1) is 12.9. The summed E-state index contributed by atoms with van der Waals surface area (Å²) >= 11 is 0. The molecule has 0 amide bonds. The van der Waals surface area contributed by atoms with Crippen LogP contribution in [0.4, 0.5) is 0 Å². The molecule has 1 heterocycles. The average Bonchev–Trinajstić information content (AvgIpc) is 2.99. The van der Waals surface area contributed by atoms with Crippen molar-refractivity contribution in [1.82, 2.24) is 25.4 Å². The molecule has 0 aliphatic heterocycles. The van der Waals surface area contributed by atoms with Crippen molar-refractivity contribution in [1.29, 1.82) is 0 Å². The molecule has 27 heavy (non-hydrogen) atoms. The molecule has 2 N–H and O–H groups in total. The Labute approximate surface area is 162 Å². The van der Waals surface area contributed by atoms with Gasteiger partial charge in [0.05, 0.1) is 0 Å². The third kappa shape index (κ3) is 6.36. The highest BCUT2D eigenvalue weighted by atomic mass is 16.5. The molecule has 0 aliphatic carbocycles. The highest BCUT2D eigenvalue weighted by Gasteiger charge is 2.20. The molecule has 2 aromatic rings. The highest BCUT2D eigenvalue weighted by Crippen LogP contribution is 2.21. The Morgan fingerprint density at radius 1 is 1.19 bits per heavy atom. The van der Waals surface area contributed by atoms with E-state index in [-0.39, 0.29) is 5.41 Å². The van der Waals surface area contributed by atoms with Gasteiger partial charge in [0.25, 0.3) is 0 Å². The summed E-state index contributed by atoms with van der Waals surface area (Å²) in [5.74, 6) is 2.50. The Kier molecular flexibility index (Phi) is 7.79. The third-order valence-corrected chi connectivity index (χ3v) is 4.63. The van der Waals surface area contributed by atoms with E-state index in [0.717, 1.165) is 43.7 Å². The fraction of sp³-hybridized carbons (Fsp3) is 0.550. The topological polar surface area (TPSA) is 76.4 Å². The van der Waals surface area contributed by atoms with E-state index >= 15 is 0 Å². The average molecular weight is 373 g/mol. The summed E-state index contributed by atoms with van der Waals surface area (Å²) in [6.45, 7) is 9.15. The van der Waals surface area contributed by atoms with Crippen LogP contribution in [0.3, 0.4) is 0 Å². The van der Waals surface area contributed by atoms with Crippen LogP contribution in [-0.2, 0) is 23.7 Å². The molecule has 7 nitrogen and oxygen atoms in total. The zero-order valence-corrected chi connectivity index (χ0v) is 17.1. The van der Waals surface area contributed by atoms with E-state index in [2.05, 4.69) is 58.9 Å². The monoisotopic (exact) mass is 372 g/mol. The van der Waals surface area contributed by atoms with E-state index in [0.29, 0.717) is 6.54 Å². The standard InChI is InChI=1S/C20H32N6O/c1-16-24-25-18(26(16)4)14-22-19(21-12-9-13-27-5)23-15-20(2,3)17-10-7-6-8-11-17/h6-8,10-11H,9,12-15H2,1-5H3,(H2,21,22,23). The van der Waals surface area contributed by atoms with Gasteiger partial charge in [0.1, 0.15) is 12.4 Å². The van der Waals surface area contributed by atoms with Gasteiger partial charge in [-0.25, -0.2) is 4.99 Å². The van der Waals surface area contributed by atoms with Gasteiger partial charge in [0, 0.05) is 39.3 Å². The van der Waals surface area contributed by atoms with Gasteiger partial charge in [-0.05, 0) is 18.9 Å². The number of hydrogen-bond donors (Lipinski definition) is 2. The molecular formula is C20H32N6O. The lowest BCUT2D eigenvalue weighted by molar-refractivity contribution is 0.195. The smallest absolute Gasteiger partial charge is 0.191 e. The largest absolute Gasteiger partial charge is 0.385 e. The van der Waals surface area contributed by atoms with Crippen molar-refractivity contribution in [3.05, 3.63) is 47.5 Å². The second kappa shape index (κ2) is 10.1. The Balaban J connectivity index is 2.02. The number of nitrogens with one attached hydrogen (secondary N) is 2. The minimum atomic E-state index is -0.0163. The van der Waals surface area contributed by atoms with E-state index in [1.54, 1.807) is 7.11 Å². The fourth-order valence-electron chi connectivity index (χ4n) is 2.63. The summed E-state index contributed by atoms with van der Waals surface area (Å²) in [4.78, 5) is 4.69. The van der Waals surface area contributed by atoms with Crippen LogP contribution in [0.1, 0.15) is 37.5 Å². The molecule has 1 aromatic carbocycles. The van der Waals surface area contributed by atoms with Crippen molar-refractivity contribution in [2.45, 2.75) is 39.2 Å². The predicted octanol–water partition coefficient (Wildman–Crippen LogP) is 2.17. The van der Waals surface area contributed by atoms with Gasteiger partial charge in [0.15, 0.2) is 11.8 Å². The maximum absolute atomic E-state index is 5.12. The van der Waals surface area contributed by atoms with Crippen LogP contribution in [-0.4, -0.2) is 47.5 Å². The van der Waals surface area contributed by atoms with Crippen LogP contribution in [0.25, 0.3) is 0 Å². The van der Waals surface area contributed by atoms with Gasteiger partial charge in [0.2, 0.25) is 0 Å². The first-order valence-electron chi connectivity index (χ1n) is 9.35. The van der Waals surface area contributed by atoms with Crippen molar-refractivity contribution in [3.63, 3.8) is 0 Å². The molecule has 0 saturated carbocycles. The molecule has 0 saturated heterocycles. The van der Waals surface area contributed by atoms with Crippen LogP contribution in [0.5, 0.6) is 0 Å². The summed E-state index contributed by atoms with van der Waals surface area (Å²) in [5, 5.41) is 15.1. The number of benzene rings is 1. The number of aliphatic imine (C=N–C) groups is 1. The van der Waals surface area contributed by atoms with Gasteiger partial charge >= 0.3 is 0 Å². The lowest BCUT2D eigenvalue weighted by Crippen LogP contribution is -2.44. The van der Waals surface area contributed by atoms with Crippen LogP contribution in [0.2, 0.25) is 0 Å². The Hall–Kier alpha value is -2.41. The molecule has 7 heteroatoms. The van der Waals surface area contributed by atoms with Gasteiger partial charge in [-0.2, -0.15) is 0 Å². The molecule has 0 radical (unpaired) electrons. The summed E-state index contributed by atoms with van der Waals surface area (Å²) in [6, 6.07) is 10.5. The van der Waals surface area contributed by atoms with E-state index in [9.17, 15) is 0 Å². The van der Waals surface area contributed by atoms with Crippen LogP contribution in [0, 0.1) is 6.92 Å². The van der Waals surface area contributed by atoms with Crippen LogP contribution >= 0.6 is 0 Å². The lowest BCUT2D eigenvalue weighted by Gasteiger charge is -2.27. The number of guanidine groups is 1. The molecule has 0 bridgehead atoms. The number of hydrogen-bond acceptors (Lipinski definition) is 4. The second-order valence-corrected chi connectivity index (χ2v) is 7.26. The van der Waals surface area contributed by atoms with E-state index in [1.807, 2.05) is 24.6 Å². The number of ether oxygens (including phenoxy) is 1. The number of aromatic nitrogens is 3. The van der Waals surface area contributed by atoms with Crippen molar-refractivity contribution in [2.24, 2.45) is 12.0 Å². The van der Waals surface area contributed by atoms with Crippen LogP contribution < -0.4 is 10.6 Å². The van der Waals surface area contributed by atoms with Crippen molar-refractivity contribution in [3.8, 4) is 0 Å². The molecule has 0 unspecified atom stereocenters. The minimum absolute atomic E-state index is 0.0163. The first-order valence-corrected chi connectivity index (χ1v) is 9.35. The Morgan fingerprint density at radius 2 is 1.93 bits per heavy atom. The maximum atomic E-state index is 5.12. The van der Waals surface area contributed by atoms with E-state index in [4.69, 9.17) is 9.73 Å². The summed E-state index contributed by atoms with van der Waals surface area (Å²) in [5.41, 5.74) is 1.28. The third-order valence-electron chi connectivity index (χ3n) is 4.63. The molecule has 0 atom stereocenters. The maximum Gasteiger partial charge on any atom is 0.191 e. The quantitative estimate of drug-likeness (QED) is 0.401. The summed E-state index contributed by atoms with van der Waals surface area (Å²) < 4.78 is 7.08. The van der Waals surface area contributed by atoms with Gasteiger partial charge in [-0.15, -0.1) is 10.2 Å². The van der Waals surface area contributed by atoms with Crippen molar-refractivity contribution >= 4 is 5.96 Å². The molecule has 1 aromatic heterocycles. The Morgan fingerprint density at radius 3 is 2.56 bits per heavy atom. The Bertz CT molecular complexity index is 723. The molecular weight excluding hydrogens is 340 g/mol. The second-order valence-electron chi connectivity index (χ2n) is 7.26. The van der Waals surface area contributed by atoms with Crippen molar-refractivity contribution in [2.75, 3.05) is 26.8 Å². The zero-order chi connectivity index (χ0) is 19.7. The lowest BCUT2D eigenvalue weighted by atomic mass is 9.85. The van der Waals surface area contributed by atoms with Crippen molar-refractivity contribution < 1.29 is 4.74 Å². The van der Waals surface area contributed by atoms with Crippen LogP contribution in [0.15, 0.2) is 35.3 Å². The molecule has 148 valence electrons. The van der Waals surface area contributed by atoms with Gasteiger partial charge in [-0.3, -0.25) is 0 Å². The van der Waals surface area contributed by atoms with Gasteiger partial charge in [-0.1, -0.05) is 44.2 Å². The molecule has 0 aliphatic rings. The van der Waals surface area contributed by atoms with Gasteiger partial charge < -0.3 is 19.9 Å². The number of rotatable bonds is 9. The number of methoxy groups -OCH3 is 1. The summed E-state index contributed by atoms with van der Waals surface area (Å²) in [6.07, 6.45) is 0.919.